The summed E-state index contributed by atoms with van der Waals surface area (Å²) in [7, 11) is 0. The van der Waals surface area contributed by atoms with Crippen molar-refractivity contribution in [3.63, 3.8) is 0 Å². The number of urea groups is 1. The molecule has 2 aromatic carbocycles. The van der Waals surface area contributed by atoms with Gasteiger partial charge in [0.1, 0.15) is 11.6 Å². The normalized spacial score (nSPS) is 10.2. The zero-order valence-corrected chi connectivity index (χ0v) is 13.5. The van der Waals surface area contributed by atoms with Crippen LogP contribution in [0.25, 0.3) is 0 Å². The SMILES string of the molecule is O=C(NCc1cccs1)Nc1ccccc1Oc1cccc(F)c1. The number of nitrogens with one attached hydrogen (secondary N) is 2. The fourth-order valence-corrected chi connectivity index (χ4v) is 2.71. The maximum absolute atomic E-state index is 13.3. The second kappa shape index (κ2) is 7.61. The minimum Gasteiger partial charge on any atom is -0.455 e. The Morgan fingerprint density at radius 1 is 1.08 bits per heavy atom. The second-order valence-corrected chi connectivity index (χ2v) is 5.97. The van der Waals surface area contributed by atoms with Gasteiger partial charge < -0.3 is 15.4 Å². The van der Waals surface area contributed by atoms with E-state index >= 15 is 0 Å². The van der Waals surface area contributed by atoms with Crippen LogP contribution < -0.4 is 15.4 Å². The van der Waals surface area contributed by atoms with Gasteiger partial charge in [-0.15, -0.1) is 11.3 Å². The summed E-state index contributed by atoms with van der Waals surface area (Å²) < 4.78 is 18.9. The molecule has 6 heteroatoms. The summed E-state index contributed by atoms with van der Waals surface area (Å²) in [6.45, 7) is 0.455. The molecule has 0 aliphatic rings. The van der Waals surface area contributed by atoms with E-state index in [-0.39, 0.29) is 11.8 Å². The van der Waals surface area contributed by atoms with Gasteiger partial charge in [-0.1, -0.05) is 24.3 Å². The number of anilines is 1. The molecule has 0 saturated heterocycles. The number of thiophene rings is 1. The number of para-hydroxylation sites is 2. The van der Waals surface area contributed by atoms with Crippen LogP contribution in [-0.2, 0) is 6.54 Å². The molecule has 4 nitrogen and oxygen atoms in total. The van der Waals surface area contributed by atoms with Crippen molar-refractivity contribution in [1.29, 1.82) is 0 Å². The molecule has 24 heavy (non-hydrogen) atoms. The Labute approximate surface area is 142 Å². The van der Waals surface area contributed by atoms with Crippen LogP contribution in [0, 0.1) is 5.82 Å². The quantitative estimate of drug-likeness (QED) is 0.685. The van der Waals surface area contributed by atoms with Gasteiger partial charge in [-0.25, -0.2) is 9.18 Å². The van der Waals surface area contributed by atoms with Gasteiger partial charge >= 0.3 is 6.03 Å². The highest BCUT2D eigenvalue weighted by molar-refractivity contribution is 7.09. The Morgan fingerprint density at radius 3 is 2.75 bits per heavy atom. The molecule has 0 bridgehead atoms. The molecule has 0 fully saturated rings. The highest BCUT2D eigenvalue weighted by Gasteiger charge is 2.08. The summed E-state index contributed by atoms with van der Waals surface area (Å²) >= 11 is 1.57. The molecule has 1 aromatic heterocycles. The first-order chi connectivity index (χ1) is 11.7. The van der Waals surface area contributed by atoms with Gasteiger partial charge in [-0.05, 0) is 35.7 Å². The van der Waals surface area contributed by atoms with E-state index < -0.39 is 0 Å². The van der Waals surface area contributed by atoms with Crippen molar-refractivity contribution >= 4 is 23.1 Å². The minimum atomic E-state index is -0.383. The lowest BCUT2D eigenvalue weighted by atomic mass is 10.3. The van der Waals surface area contributed by atoms with E-state index in [2.05, 4.69) is 10.6 Å². The van der Waals surface area contributed by atoms with Crippen LogP contribution >= 0.6 is 11.3 Å². The summed E-state index contributed by atoms with van der Waals surface area (Å²) in [6.07, 6.45) is 0. The molecule has 122 valence electrons. The second-order valence-electron chi connectivity index (χ2n) is 4.94. The molecule has 3 aromatic rings. The molecule has 2 amide bonds. The summed E-state index contributed by atoms with van der Waals surface area (Å²) in [5, 5.41) is 7.48. The van der Waals surface area contributed by atoms with Crippen molar-refractivity contribution in [2.45, 2.75) is 6.54 Å². The molecule has 0 aliphatic heterocycles. The Balaban J connectivity index is 1.66. The lowest BCUT2D eigenvalue weighted by Gasteiger charge is -2.12. The number of carbonyl (C=O) groups is 1. The Bertz CT molecular complexity index is 821. The zero-order valence-electron chi connectivity index (χ0n) is 12.7. The van der Waals surface area contributed by atoms with Gasteiger partial charge in [0, 0.05) is 10.9 Å². The van der Waals surface area contributed by atoms with E-state index in [1.165, 1.54) is 12.1 Å². The number of ether oxygens (including phenoxy) is 1. The van der Waals surface area contributed by atoms with Crippen LogP contribution in [0.1, 0.15) is 4.88 Å². The average molecular weight is 342 g/mol. The monoisotopic (exact) mass is 342 g/mol. The molecule has 0 radical (unpaired) electrons. The first kappa shape index (κ1) is 16.0. The van der Waals surface area contributed by atoms with E-state index in [9.17, 15) is 9.18 Å². The first-order valence-electron chi connectivity index (χ1n) is 7.30. The fourth-order valence-electron chi connectivity index (χ4n) is 2.06. The number of amides is 2. The zero-order chi connectivity index (χ0) is 16.8. The third-order valence-electron chi connectivity index (χ3n) is 3.16. The van der Waals surface area contributed by atoms with Crippen molar-refractivity contribution in [2.24, 2.45) is 0 Å². The fraction of sp³-hybridized carbons (Fsp3) is 0.0556. The molecule has 0 aliphatic carbocycles. The summed E-state index contributed by atoms with van der Waals surface area (Å²) in [5.41, 5.74) is 0.505. The van der Waals surface area contributed by atoms with E-state index in [1.54, 1.807) is 47.7 Å². The number of benzene rings is 2. The molecule has 3 rings (SSSR count). The predicted molar refractivity (Wildman–Crippen MR) is 93.1 cm³/mol. The number of rotatable bonds is 5. The van der Waals surface area contributed by atoms with Gasteiger partial charge in [-0.2, -0.15) is 0 Å². The standard InChI is InChI=1S/C18H15FN2O2S/c19-13-5-3-6-14(11-13)23-17-9-2-1-8-16(17)21-18(22)20-12-15-7-4-10-24-15/h1-11H,12H2,(H2,20,21,22). The largest absolute Gasteiger partial charge is 0.455 e. The number of hydrogen-bond acceptors (Lipinski definition) is 3. The molecule has 0 spiro atoms. The molecule has 0 saturated carbocycles. The molecule has 0 unspecified atom stereocenters. The minimum absolute atomic E-state index is 0.335. The maximum Gasteiger partial charge on any atom is 0.319 e. The van der Waals surface area contributed by atoms with E-state index in [0.717, 1.165) is 4.88 Å². The number of halogens is 1. The van der Waals surface area contributed by atoms with Crippen LogP contribution in [-0.4, -0.2) is 6.03 Å². The number of carbonyl (C=O) groups excluding carboxylic acids is 1. The Kier molecular flexibility index (Phi) is 5.08. The summed E-state index contributed by atoms with van der Waals surface area (Å²) in [6, 6.07) is 16.4. The predicted octanol–water partition coefficient (Wildman–Crippen LogP) is 5.00. The molecule has 0 atom stereocenters. The Hall–Kier alpha value is -2.86. The summed E-state index contributed by atoms with van der Waals surface area (Å²) in [5.74, 6) is 0.421. The lowest BCUT2D eigenvalue weighted by Crippen LogP contribution is -2.27. The molecule has 1 heterocycles. The highest BCUT2D eigenvalue weighted by atomic mass is 32.1. The Morgan fingerprint density at radius 2 is 1.96 bits per heavy atom. The van der Waals surface area contributed by atoms with Crippen molar-refractivity contribution in [1.82, 2.24) is 5.32 Å². The maximum atomic E-state index is 13.3. The van der Waals surface area contributed by atoms with Gasteiger partial charge in [0.2, 0.25) is 0 Å². The van der Waals surface area contributed by atoms with Crippen molar-refractivity contribution < 1.29 is 13.9 Å². The van der Waals surface area contributed by atoms with Gasteiger partial charge in [0.25, 0.3) is 0 Å². The van der Waals surface area contributed by atoms with Crippen LogP contribution in [0.15, 0.2) is 66.0 Å². The van der Waals surface area contributed by atoms with Crippen LogP contribution in [0.3, 0.4) is 0 Å². The van der Waals surface area contributed by atoms with Gasteiger partial charge in [-0.3, -0.25) is 0 Å². The molecular formula is C18H15FN2O2S. The van der Waals surface area contributed by atoms with Crippen molar-refractivity contribution in [2.75, 3.05) is 5.32 Å². The van der Waals surface area contributed by atoms with Gasteiger partial charge in [0.05, 0.1) is 12.2 Å². The summed E-state index contributed by atoms with van der Waals surface area (Å²) in [4.78, 5) is 13.1. The first-order valence-corrected chi connectivity index (χ1v) is 8.18. The highest BCUT2D eigenvalue weighted by Crippen LogP contribution is 2.29. The van der Waals surface area contributed by atoms with E-state index in [0.29, 0.717) is 23.7 Å². The van der Waals surface area contributed by atoms with Crippen LogP contribution in [0.4, 0.5) is 14.9 Å². The van der Waals surface area contributed by atoms with Crippen LogP contribution in [0.5, 0.6) is 11.5 Å². The lowest BCUT2D eigenvalue weighted by molar-refractivity contribution is 0.251. The molecule has 2 N–H and O–H groups in total. The van der Waals surface area contributed by atoms with Gasteiger partial charge in [0.15, 0.2) is 5.75 Å². The average Bonchev–Trinajstić information content (AvgIpc) is 3.08. The molecular weight excluding hydrogens is 327 g/mol. The van der Waals surface area contributed by atoms with Crippen LogP contribution in [0.2, 0.25) is 0 Å². The number of hydrogen-bond donors (Lipinski definition) is 2. The van der Waals surface area contributed by atoms with Crippen molar-refractivity contribution in [3.8, 4) is 11.5 Å². The smallest absolute Gasteiger partial charge is 0.319 e. The van der Waals surface area contributed by atoms with Crippen molar-refractivity contribution in [3.05, 3.63) is 76.7 Å². The van der Waals surface area contributed by atoms with E-state index in [4.69, 9.17) is 4.74 Å². The third-order valence-corrected chi connectivity index (χ3v) is 4.04. The topological polar surface area (TPSA) is 50.4 Å². The third kappa shape index (κ3) is 4.33. The van der Waals surface area contributed by atoms with E-state index in [1.807, 2.05) is 17.5 Å².